The normalized spacial score (nSPS) is 14.9. The summed E-state index contributed by atoms with van der Waals surface area (Å²) in [5, 5.41) is 2.05. The molecule has 0 aliphatic carbocycles. The molecule has 37 heavy (non-hydrogen) atoms. The minimum Gasteiger partial charge on any atom is -0.330 e. The Morgan fingerprint density at radius 2 is 1.70 bits per heavy atom. The second-order valence-electron chi connectivity index (χ2n) is 9.82. The van der Waals surface area contributed by atoms with Gasteiger partial charge in [0.25, 0.3) is 5.91 Å². The Bertz CT molecular complexity index is 1170. The van der Waals surface area contributed by atoms with Crippen LogP contribution >= 0.6 is 11.3 Å². The number of aryl methyl sites for hydroxylation is 1. The second-order valence-corrected chi connectivity index (χ2v) is 10.8. The Balaban J connectivity index is 1.53. The van der Waals surface area contributed by atoms with E-state index >= 15 is 0 Å². The third-order valence-electron chi connectivity index (χ3n) is 7.14. The maximum atomic E-state index is 13.8. The number of hydrogen-bond donors (Lipinski definition) is 0. The first-order valence-electron chi connectivity index (χ1n) is 13.5. The number of nitrogens with zero attached hydrogens (tertiary/aromatic N) is 2. The zero-order chi connectivity index (χ0) is 26.2. The Hall–Kier alpha value is -2.99. The zero-order valence-electron chi connectivity index (χ0n) is 21.9. The van der Waals surface area contributed by atoms with Gasteiger partial charge in [-0.2, -0.15) is 0 Å². The maximum Gasteiger partial charge on any atom is 0.254 e. The monoisotopic (exact) mass is 520 g/mol. The van der Waals surface area contributed by atoms with Gasteiger partial charge in [0.1, 0.15) is 12.4 Å². The van der Waals surface area contributed by atoms with Gasteiger partial charge < -0.3 is 9.80 Å². The topological polar surface area (TPSA) is 40.6 Å². The van der Waals surface area contributed by atoms with Gasteiger partial charge in [-0.05, 0) is 78.1 Å². The van der Waals surface area contributed by atoms with Crippen LogP contribution in [-0.2, 0) is 17.6 Å². The lowest BCUT2D eigenvalue weighted by Crippen LogP contribution is -2.47. The molecule has 2 amide bonds. The summed E-state index contributed by atoms with van der Waals surface area (Å²) in [6.45, 7) is 5.44. The minimum atomic E-state index is -0.296. The van der Waals surface area contributed by atoms with Crippen molar-refractivity contribution in [2.75, 3.05) is 19.6 Å². The van der Waals surface area contributed by atoms with Gasteiger partial charge in [-0.15, -0.1) is 11.3 Å². The molecule has 0 radical (unpaired) electrons. The van der Waals surface area contributed by atoms with Crippen molar-refractivity contribution in [3.8, 4) is 0 Å². The number of thiophene rings is 1. The van der Waals surface area contributed by atoms with E-state index in [-0.39, 0.29) is 30.2 Å². The Labute approximate surface area is 224 Å². The van der Waals surface area contributed by atoms with E-state index < -0.39 is 0 Å². The van der Waals surface area contributed by atoms with E-state index in [1.807, 2.05) is 29.2 Å². The first-order valence-corrected chi connectivity index (χ1v) is 14.4. The molecule has 6 heteroatoms. The predicted octanol–water partition coefficient (Wildman–Crippen LogP) is 7.04. The second kappa shape index (κ2) is 13.0. The van der Waals surface area contributed by atoms with Gasteiger partial charge in [0.2, 0.25) is 5.91 Å². The van der Waals surface area contributed by atoms with E-state index in [1.165, 1.54) is 35.4 Å². The largest absolute Gasteiger partial charge is 0.330 e. The fourth-order valence-corrected chi connectivity index (χ4v) is 5.92. The molecule has 4 rings (SSSR count). The van der Waals surface area contributed by atoms with Crippen LogP contribution in [0.2, 0.25) is 0 Å². The number of carbonyl (C=O) groups is 2. The number of benzene rings is 2. The number of unbranched alkanes of at least 4 members (excludes halogenated alkanes) is 3. The Morgan fingerprint density at radius 3 is 2.41 bits per heavy atom. The summed E-state index contributed by atoms with van der Waals surface area (Å²) in [5.74, 6) is -0.476. The molecule has 1 atom stereocenters. The minimum absolute atomic E-state index is 0.0360. The van der Waals surface area contributed by atoms with Gasteiger partial charge in [-0.1, -0.05) is 57.4 Å². The lowest BCUT2D eigenvalue weighted by Gasteiger charge is -2.37. The number of amides is 2. The third kappa shape index (κ3) is 6.67. The van der Waals surface area contributed by atoms with Crippen LogP contribution in [0.25, 0.3) is 0 Å². The third-order valence-corrected chi connectivity index (χ3v) is 8.13. The molecule has 2 aromatic carbocycles. The quantitative estimate of drug-likeness (QED) is 0.255. The molecular weight excluding hydrogens is 483 g/mol. The van der Waals surface area contributed by atoms with Crippen molar-refractivity contribution in [1.29, 1.82) is 0 Å². The first kappa shape index (κ1) is 27.1. The smallest absolute Gasteiger partial charge is 0.254 e. The zero-order valence-corrected chi connectivity index (χ0v) is 22.7. The molecule has 2 heterocycles. The van der Waals surface area contributed by atoms with Crippen LogP contribution in [0.5, 0.6) is 0 Å². The van der Waals surface area contributed by atoms with E-state index in [1.54, 1.807) is 28.4 Å². The van der Waals surface area contributed by atoms with E-state index in [4.69, 9.17) is 0 Å². The Kier molecular flexibility index (Phi) is 9.51. The summed E-state index contributed by atoms with van der Waals surface area (Å²) in [5.41, 5.74) is 3.85. The van der Waals surface area contributed by atoms with Gasteiger partial charge in [-0.25, -0.2) is 4.39 Å². The first-order chi connectivity index (χ1) is 18.0. The summed E-state index contributed by atoms with van der Waals surface area (Å²) >= 11 is 1.70. The molecule has 1 aliphatic heterocycles. The van der Waals surface area contributed by atoms with Crippen LogP contribution in [0.15, 0.2) is 60.0 Å². The number of halogens is 1. The lowest BCUT2D eigenvalue weighted by molar-refractivity contribution is -0.134. The molecule has 3 aromatic rings. The number of hydrogen-bond acceptors (Lipinski definition) is 3. The maximum absolute atomic E-state index is 13.8. The molecule has 0 N–H and O–H groups in total. The fourth-order valence-electron chi connectivity index (χ4n) is 5.02. The highest BCUT2D eigenvalue weighted by molar-refractivity contribution is 7.10. The van der Waals surface area contributed by atoms with Crippen molar-refractivity contribution in [3.05, 3.63) is 92.9 Å². The average molecular weight is 521 g/mol. The summed E-state index contributed by atoms with van der Waals surface area (Å²) in [7, 11) is 0. The van der Waals surface area contributed by atoms with Gasteiger partial charge in [-0.3, -0.25) is 9.59 Å². The standard InChI is InChI=1S/C31H37FN2O2S/c1-3-5-7-8-23-9-11-25(12-10-23)31(36)33(19-6-4-2)22-29(35)34-20-17-28-27(18-21-37-28)30(34)24-13-15-26(32)16-14-24/h9-16,18,21,30H,3-8,17,19-20,22H2,1-2H3. The van der Waals surface area contributed by atoms with Crippen LogP contribution in [0, 0.1) is 5.82 Å². The number of carbonyl (C=O) groups excluding carboxylic acids is 2. The SMILES string of the molecule is CCCCCc1ccc(C(=O)N(CCCC)CC(=O)N2CCc3sccc3C2c2ccc(F)cc2)cc1. The molecular formula is C31H37FN2O2S. The summed E-state index contributed by atoms with van der Waals surface area (Å²) < 4.78 is 13.7. The van der Waals surface area contributed by atoms with E-state index in [0.717, 1.165) is 43.2 Å². The highest BCUT2D eigenvalue weighted by Gasteiger charge is 2.34. The van der Waals surface area contributed by atoms with Gasteiger partial charge >= 0.3 is 0 Å². The average Bonchev–Trinajstić information content (AvgIpc) is 3.40. The molecule has 0 saturated heterocycles. The van der Waals surface area contributed by atoms with E-state index in [2.05, 4.69) is 25.3 Å². The summed E-state index contributed by atoms with van der Waals surface area (Å²) in [4.78, 5) is 32.1. The highest BCUT2D eigenvalue weighted by atomic mass is 32.1. The molecule has 1 unspecified atom stereocenters. The molecule has 0 fully saturated rings. The lowest BCUT2D eigenvalue weighted by atomic mass is 9.93. The molecule has 0 spiro atoms. The number of rotatable bonds is 11. The van der Waals surface area contributed by atoms with Crippen molar-refractivity contribution >= 4 is 23.2 Å². The van der Waals surface area contributed by atoms with Gasteiger partial charge in [0.15, 0.2) is 0 Å². The molecule has 196 valence electrons. The van der Waals surface area contributed by atoms with E-state index in [9.17, 15) is 14.0 Å². The van der Waals surface area contributed by atoms with Crippen molar-refractivity contribution < 1.29 is 14.0 Å². The van der Waals surface area contributed by atoms with Crippen molar-refractivity contribution in [3.63, 3.8) is 0 Å². The summed E-state index contributed by atoms with van der Waals surface area (Å²) in [6.07, 6.45) is 7.12. The van der Waals surface area contributed by atoms with Crippen LogP contribution in [0.3, 0.4) is 0 Å². The molecule has 0 saturated carbocycles. The van der Waals surface area contributed by atoms with Crippen LogP contribution in [0.1, 0.15) is 83.9 Å². The van der Waals surface area contributed by atoms with Crippen LogP contribution < -0.4 is 0 Å². The molecule has 1 aromatic heterocycles. The molecule has 0 bridgehead atoms. The highest BCUT2D eigenvalue weighted by Crippen LogP contribution is 2.38. The predicted molar refractivity (Wildman–Crippen MR) is 148 cm³/mol. The van der Waals surface area contributed by atoms with Crippen molar-refractivity contribution in [2.24, 2.45) is 0 Å². The molecule has 1 aliphatic rings. The van der Waals surface area contributed by atoms with E-state index in [0.29, 0.717) is 18.7 Å². The number of fused-ring (bicyclic) bond motifs is 1. The Morgan fingerprint density at radius 1 is 0.973 bits per heavy atom. The van der Waals surface area contributed by atoms with Gasteiger partial charge in [0, 0.05) is 23.5 Å². The van der Waals surface area contributed by atoms with Crippen LogP contribution in [0.4, 0.5) is 4.39 Å². The van der Waals surface area contributed by atoms with Crippen molar-refractivity contribution in [1.82, 2.24) is 9.80 Å². The summed E-state index contributed by atoms with van der Waals surface area (Å²) in [6, 6.07) is 16.1. The fraction of sp³-hybridized carbons (Fsp3) is 0.419. The van der Waals surface area contributed by atoms with Crippen molar-refractivity contribution in [2.45, 2.75) is 64.8 Å². The van der Waals surface area contributed by atoms with Crippen LogP contribution in [-0.4, -0.2) is 41.2 Å². The molecule has 4 nitrogen and oxygen atoms in total. The van der Waals surface area contributed by atoms with Gasteiger partial charge in [0.05, 0.1) is 6.04 Å².